The molecule has 3 rings (SSSR count). The first-order valence-corrected chi connectivity index (χ1v) is 8.08. The largest absolute Gasteiger partial charge is 0.497 e. The van der Waals surface area contributed by atoms with Crippen LogP contribution in [0.2, 0.25) is 0 Å². The number of halogens is 3. The van der Waals surface area contributed by atoms with Gasteiger partial charge in [-0.25, -0.2) is 9.48 Å². The van der Waals surface area contributed by atoms with Crippen LogP contribution < -0.4 is 10.1 Å². The molecule has 0 saturated heterocycles. The molecule has 144 valence electrons. The summed E-state index contributed by atoms with van der Waals surface area (Å²) in [6, 6.07) is 5.68. The van der Waals surface area contributed by atoms with E-state index in [-0.39, 0.29) is 18.1 Å². The van der Waals surface area contributed by atoms with Crippen molar-refractivity contribution in [1.82, 2.24) is 14.8 Å². The van der Waals surface area contributed by atoms with E-state index >= 15 is 0 Å². The van der Waals surface area contributed by atoms with Crippen LogP contribution in [0.15, 0.2) is 35.5 Å². The highest BCUT2D eigenvalue weighted by Crippen LogP contribution is 2.38. The minimum atomic E-state index is -4.71. The molecule has 1 aromatic carbocycles. The van der Waals surface area contributed by atoms with E-state index in [1.807, 2.05) is 0 Å². The van der Waals surface area contributed by atoms with Crippen molar-refractivity contribution in [3.8, 4) is 5.75 Å². The van der Waals surface area contributed by atoms with E-state index in [2.05, 4.69) is 15.4 Å². The number of alkyl halides is 3. The topological polar surface area (TPSA) is 78.3 Å². The van der Waals surface area contributed by atoms with E-state index in [1.54, 1.807) is 38.1 Å². The monoisotopic (exact) mass is 382 g/mol. The van der Waals surface area contributed by atoms with Crippen molar-refractivity contribution in [2.24, 2.45) is 0 Å². The van der Waals surface area contributed by atoms with Crippen molar-refractivity contribution in [2.45, 2.75) is 26.1 Å². The van der Waals surface area contributed by atoms with Gasteiger partial charge in [-0.05, 0) is 31.5 Å². The highest BCUT2D eigenvalue weighted by molar-refractivity contribution is 5.92. The summed E-state index contributed by atoms with van der Waals surface area (Å²) >= 11 is 0. The number of benzene rings is 1. The SMILES string of the molecule is CCOC(=O)C1=C(C)Nc2nc(C(F)(F)F)nn2[C@H]1c1ccc(OC)cc1. The molecular formula is C17H17F3N4O3. The predicted octanol–water partition coefficient (Wildman–Crippen LogP) is 3.16. The fourth-order valence-corrected chi connectivity index (χ4v) is 2.84. The number of nitrogens with zero attached hydrogens (tertiary/aromatic N) is 3. The molecule has 1 N–H and O–H groups in total. The Bertz CT molecular complexity index is 888. The van der Waals surface area contributed by atoms with Gasteiger partial charge in [0.15, 0.2) is 0 Å². The number of hydrogen-bond donors (Lipinski definition) is 1. The van der Waals surface area contributed by atoms with Gasteiger partial charge in [0.25, 0.3) is 5.82 Å². The third kappa shape index (κ3) is 3.46. The normalized spacial score (nSPS) is 16.6. The molecular weight excluding hydrogens is 365 g/mol. The van der Waals surface area contributed by atoms with Crippen molar-refractivity contribution in [3.63, 3.8) is 0 Å². The minimum absolute atomic E-state index is 0.103. The van der Waals surface area contributed by atoms with Crippen molar-refractivity contribution >= 4 is 11.9 Å². The first kappa shape index (κ1) is 18.7. The molecule has 1 aliphatic heterocycles. The number of esters is 1. The molecule has 1 atom stereocenters. The summed E-state index contributed by atoms with van der Waals surface area (Å²) in [5, 5.41) is 6.30. The second-order valence-corrected chi connectivity index (χ2v) is 5.76. The second-order valence-electron chi connectivity index (χ2n) is 5.76. The van der Waals surface area contributed by atoms with Gasteiger partial charge in [-0.2, -0.15) is 18.2 Å². The molecule has 2 aromatic rings. The molecule has 0 unspecified atom stereocenters. The lowest BCUT2D eigenvalue weighted by molar-refractivity contribution is -0.145. The van der Waals surface area contributed by atoms with E-state index in [4.69, 9.17) is 9.47 Å². The van der Waals surface area contributed by atoms with Gasteiger partial charge in [-0.3, -0.25) is 0 Å². The summed E-state index contributed by atoms with van der Waals surface area (Å²) < 4.78 is 50.5. The summed E-state index contributed by atoms with van der Waals surface area (Å²) in [6.45, 7) is 3.35. The molecule has 27 heavy (non-hydrogen) atoms. The van der Waals surface area contributed by atoms with Gasteiger partial charge in [0.2, 0.25) is 5.95 Å². The maximum atomic E-state index is 13.1. The highest BCUT2D eigenvalue weighted by atomic mass is 19.4. The molecule has 0 radical (unpaired) electrons. The number of nitrogens with one attached hydrogen (secondary N) is 1. The van der Waals surface area contributed by atoms with Crippen LogP contribution in [0.1, 0.15) is 31.3 Å². The molecule has 10 heteroatoms. The average molecular weight is 382 g/mol. The zero-order valence-corrected chi connectivity index (χ0v) is 14.8. The van der Waals surface area contributed by atoms with Gasteiger partial charge in [0, 0.05) is 5.70 Å². The summed E-state index contributed by atoms with van der Waals surface area (Å²) in [5.41, 5.74) is 1.05. The molecule has 1 aromatic heterocycles. The minimum Gasteiger partial charge on any atom is -0.497 e. The second kappa shape index (κ2) is 6.93. The van der Waals surface area contributed by atoms with Crippen LogP contribution in [0, 0.1) is 0 Å². The molecule has 0 bridgehead atoms. The van der Waals surface area contributed by atoms with Crippen LogP contribution in [0.3, 0.4) is 0 Å². The molecule has 1 aliphatic rings. The molecule has 0 fully saturated rings. The van der Waals surface area contributed by atoms with E-state index in [0.29, 0.717) is 17.0 Å². The van der Waals surface area contributed by atoms with Gasteiger partial charge in [0.1, 0.15) is 11.8 Å². The summed E-state index contributed by atoms with van der Waals surface area (Å²) in [7, 11) is 1.50. The van der Waals surface area contributed by atoms with Crippen LogP contribution in [-0.2, 0) is 15.7 Å². The van der Waals surface area contributed by atoms with Crippen molar-refractivity contribution in [1.29, 1.82) is 0 Å². The first-order chi connectivity index (χ1) is 12.8. The molecule has 0 spiro atoms. The molecule has 0 amide bonds. The Labute approximate surface area is 152 Å². The lowest BCUT2D eigenvalue weighted by atomic mass is 9.96. The van der Waals surface area contributed by atoms with Gasteiger partial charge in [-0.1, -0.05) is 12.1 Å². The van der Waals surface area contributed by atoms with Crippen molar-refractivity contribution < 1.29 is 27.4 Å². The molecule has 0 saturated carbocycles. The lowest BCUT2D eigenvalue weighted by Crippen LogP contribution is -2.29. The Balaban J connectivity index is 2.16. The summed E-state index contributed by atoms with van der Waals surface area (Å²) in [6.07, 6.45) is -4.71. The number of hydrogen-bond acceptors (Lipinski definition) is 6. The number of carbonyl (C=O) groups excluding carboxylic acids is 1. The summed E-state index contributed by atoms with van der Waals surface area (Å²) in [5.74, 6) is -1.46. The van der Waals surface area contributed by atoms with Gasteiger partial charge in [-0.15, -0.1) is 5.10 Å². The fraction of sp³-hybridized carbons (Fsp3) is 0.353. The van der Waals surface area contributed by atoms with E-state index in [9.17, 15) is 18.0 Å². The number of ether oxygens (including phenoxy) is 2. The number of carbonyl (C=O) groups is 1. The standard InChI is InChI=1S/C17H17F3N4O3/c1-4-27-14(25)12-9(2)21-16-22-15(17(18,19)20)23-24(16)13(12)10-5-7-11(26-3)8-6-10/h5-8,13H,4H2,1-3H3,(H,21,22,23)/t13-/m0/s1. The fourth-order valence-electron chi connectivity index (χ4n) is 2.84. The number of fused-ring (bicyclic) bond motifs is 1. The first-order valence-electron chi connectivity index (χ1n) is 8.08. The van der Waals surface area contributed by atoms with E-state index < -0.39 is 24.0 Å². The molecule has 2 heterocycles. The Morgan fingerprint density at radius 2 is 1.96 bits per heavy atom. The number of methoxy groups -OCH3 is 1. The van der Waals surface area contributed by atoms with E-state index in [0.717, 1.165) is 4.68 Å². The maximum absolute atomic E-state index is 13.1. The molecule has 7 nitrogen and oxygen atoms in total. The van der Waals surface area contributed by atoms with Crippen LogP contribution >= 0.6 is 0 Å². The Hall–Kier alpha value is -3.04. The van der Waals surface area contributed by atoms with Crippen LogP contribution in [0.5, 0.6) is 5.75 Å². The average Bonchev–Trinajstić information content (AvgIpc) is 3.04. The smallest absolute Gasteiger partial charge is 0.453 e. The van der Waals surface area contributed by atoms with E-state index in [1.165, 1.54) is 7.11 Å². The Morgan fingerprint density at radius 1 is 1.30 bits per heavy atom. The Kier molecular flexibility index (Phi) is 4.81. The van der Waals surface area contributed by atoms with Gasteiger partial charge < -0.3 is 14.8 Å². The number of allylic oxidation sites excluding steroid dienone is 1. The van der Waals surface area contributed by atoms with Gasteiger partial charge >= 0.3 is 12.1 Å². The number of anilines is 1. The molecule has 0 aliphatic carbocycles. The van der Waals surface area contributed by atoms with Crippen LogP contribution in [0.25, 0.3) is 0 Å². The van der Waals surface area contributed by atoms with Crippen LogP contribution in [0.4, 0.5) is 19.1 Å². The van der Waals surface area contributed by atoms with Crippen LogP contribution in [-0.4, -0.2) is 34.5 Å². The lowest BCUT2D eigenvalue weighted by Gasteiger charge is -2.28. The summed E-state index contributed by atoms with van der Waals surface area (Å²) in [4.78, 5) is 16.0. The van der Waals surface area contributed by atoms with Gasteiger partial charge in [0.05, 0.1) is 19.3 Å². The maximum Gasteiger partial charge on any atom is 0.453 e. The predicted molar refractivity (Wildman–Crippen MR) is 89.1 cm³/mol. The number of rotatable bonds is 4. The zero-order valence-electron chi connectivity index (χ0n) is 14.8. The van der Waals surface area contributed by atoms with Crippen molar-refractivity contribution in [2.75, 3.05) is 19.0 Å². The van der Waals surface area contributed by atoms with Crippen molar-refractivity contribution in [3.05, 3.63) is 46.9 Å². The zero-order chi connectivity index (χ0) is 19.8. The third-order valence-electron chi connectivity index (χ3n) is 4.03. The third-order valence-corrected chi connectivity index (χ3v) is 4.03. The quantitative estimate of drug-likeness (QED) is 0.819. The highest BCUT2D eigenvalue weighted by Gasteiger charge is 2.41. The Morgan fingerprint density at radius 3 is 2.52 bits per heavy atom. The number of aromatic nitrogens is 3.